The number of nitrogens with one attached hydrogen (secondary N) is 1. The average molecular weight is 202 g/mol. The Kier molecular flexibility index (Phi) is 2.67. The summed E-state index contributed by atoms with van der Waals surface area (Å²) in [5.41, 5.74) is 11.4. The zero-order valence-electron chi connectivity index (χ0n) is 7.90. The maximum atomic E-state index is 5.82. The van der Waals surface area contributed by atoms with E-state index in [4.69, 9.17) is 11.5 Å². The van der Waals surface area contributed by atoms with Crippen molar-refractivity contribution in [3.8, 4) is 0 Å². The zero-order chi connectivity index (χ0) is 10.1. The fourth-order valence-corrected chi connectivity index (χ4v) is 1.19. The van der Waals surface area contributed by atoms with Crippen molar-refractivity contribution >= 4 is 23.7 Å². The molecule has 1 heterocycles. The van der Waals surface area contributed by atoms with Gasteiger partial charge in [0.05, 0.1) is 0 Å². The van der Waals surface area contributed by atoms with E-state index in [1.165, 1.54) is 11.8 Å². The Bertz CT molecular complexity index is 260. The smallest absolute Gasteiger partial charge is 0.258 e. The van der Waals surface area contributed by atoms with Gasteiger partial charge in [0.25, 0.3) is 5.12 Å². The highest BCUT2D eigenvalue weighted by Gasteiger charge is 2.27. The molecule has 7 heteroatoms. The first-order valence-electron chi connectivity index (χ1n) is 3.70. The van der Waals surface area contributed by atoms with Crippen molar-refractivity contribution in [1.29, 1.82) is 0 Å². The molecule has 0 aromatic rings. The minimum absolute atomic E-state index is 0.288. The Morgan fingerprint density at radius 3 is 2.54 bits per heavy atom. The van der Waals surface area contributed by atoms with Crippen LogP contribution in [-0.2, 0) is 0 Å². The third kappa shape index (κ3) is 2.25. The lowest BCUT2D eigenvalue weighted by atomic mass is 10.6. The van der Waals surface area contributed by atoms with Crippen LogP contribution in [0, 0.1) is 0 Å². The second-order valence-corrected chi connectivity index (χ2v) is 3.82. The van der Waals surface area contributed by atoms with Crippen molar-refractivity contribution < 1.29 is 0 Å². The maximum Gasteiger partial charge on any atom is 0.258 e. The maximum absolute atomic E-state index is 5.82. The number of thioether (sulfide) groups is 1. The van der Waals surface area contributed by atoms with Gasteiger partial charge in [0.2, 0.25) is 5.96 Å². The minimum Gasteiger partial charge on any atom is -0.369 e. The van der Waals surface area contributed by atoms with Gasteiger partial charge in [-0.25, -0.2) is 0 Å². The molecule has 13 heavy (non-hydrogen) atoms. The summed E-state index contributed by atoms with van der Waals surface area (Å²) in [6.45, 7) is 0. The van der Waals surface area contributed by atoms with Crippen molar-refractivity contribution in [1.82, 2.24) is 10.2 Å². The van der Waals surface area contributed by atoms with E-state index in [1.807, 2.05) is 20.4 Å². The van der Waals surface area contributed by atoms with Crippen LogP contribution in [0.4, 0.5) is 0 Å². The van der Waals surface area contributed by atoms with Crippen LogP contribution in [0.5, 0.6) is 0 Å². The summed E-state index contributed by atoms with van der Waals surface area (Å²) in [5, 5.41) is 1.82. The van der Waals surface area contributed by atoms with Gasteiger partial charge in [0, 0.05) is 14.1 Å². The molecular formula is C6H14N6S. The van der Waals surface area contributed by atoms with E-state index in [0.717, 1.165) is 0 Å². The number of rotatable bonds is 1. The van der Waals surface area contributed by atoms with Gasteiger partial charge in [0.1, 0.15) is 0 Å². The number of nitrogens with zero attached hydrogens (tertiary/aromatic N) is 3. The van der Waals surface area contributed by atoms with E-state index in [1.54, 1.807) is 4.90 Å². The zero-order valence-corrected chi connectivity index (χ0v) is 8.72. The van der Waals surface area contributed by atoms with E-state index < -0.39 is 5.12 Å². The first kappa shape index (κ1) is 10.1. The van der Waals surface area contributed by atoms with Crippen LogP contribution < -0.4 is 16.8 Å². The Morgan fingerprint density at radius 1 is 1.46 bits per heavy atom. The Hall–Kier alpha value is -0.950. The monoisotopic (exact) mass is 202 g/mol. The molecule has 1 rings (SSSR count). The standard InChI is InChI=1S/C6H14N6S/c1-12(2)5-9-4(7)10-6(8,11-5)13-3/h8H2,1-3H3,(H3,7,9,10,11). The molecule has 1 unspecified atom stereocenters. The second kappa shape index (κ2) is 3.43. The third-order valence-electron chi connectivity index (χ3n) is 1.51. The molecule has 0 aromatic carbocycles. The molecule has 0 saturated carbocycles. The van der Waals surface area contributed by atoms with Gasteiger partial charge in [-0.2, -0.15) is 9.98 Å². The summed E-state index contributed by atoms with van der Waals surface area (Å²) in [5.74, 6) is 0.903. The van der Waals surface area contributed by atoms with Crippen LogP contribution in [0.1, 0.15) is 0 Å². The molecule has 0 saturated heterocycles. The molecule has 0 aliphatic carbocycles. The fraction of sp³-hybridized carbons (Fsp3) is 0.667. The molecule has 0 radical (unpaired) electrons. The molecule has 1 atom stereocenters. The molecule has 0 aromatic heterocycles. The average Bonchev–Trinajstić information content (AvgIpc) is 2.03. The first-order valence-corrected chi connectivity index (χ1v) is 4.93. The first-order chi connectivity index (χ1) is 5.97. The highest BCUT2D eigenvalue weighted by Crippen LogP contribution is 2.21. The Balaban J connectivity index is 2.93. The van der Waals surface area contributed by atoms with Crippen LogP contribution in [0.25, 0.3) is 0 Å². The summed E-state index contributed by atoms with van der Waals surface area (Å²) in [6.07, 6.45) is 1.83. The van der Waals surface area contributed by atoms with Crippen molar-refractivity contribution in [3.63, 3.8) is 0 Å². The minimum atomic E-state index is -0.991. The summed E-state index contributed by atoms with van der Waals surface area (Å²) in [6, 6.07) is 0. The molecular weight excluding hydrogens is 188 g/mol. The van der Waals surface area contributed by atoms with Gasteiger partial charge in [-0.15, -0.1) is 0 Å². The number of aliphatic imine (C=N–C) groups is 2. The topological polar surface area (TPSA) is 92.0 Å². The molecule has 0 fully saturated rings. The molecule has 1 aliphatic heterocycles. The largest absolute Gasteiger partial charge is 0.369 e. The van der Waals surface area contributed by atoms with Crippen LogP contribution in [0.15, 0.2) is 9.98 Å². The van der Waals surface area contributed by atoms with E-state index in [2.05, 4.69) is 15.3 Å². The highest BCUT2D eigenvalue weighted by molar-refractivity contribution is 7.99. The van der Waals surface area contributed by atoms with Crippen molar-refractivity contribution in [2.24, 2.45) is 21.5 Å². The molecule has 0 spiro atoms. The lowest BCUT2D eigenvalue weighted by Gasteiger charge is -2.28. The fourth-order valence-electron chi connectivity index (χ4n) is 0.823. The third-order valence-corrected chi connectivity index (χ3v) is 2.29. The quantitative estimate of drug-likeness (QED) is 0.462. The van der Waals surface area contributed by atoms with Gasteiger partial charge >= 0.3 is 0 Å². The predicted octanol–water partition coefficient (Wildman–Crippen LogP) is -1.25. The van der Waals surface area contributed by atoms with Crippen LogP contribution >= 0.6 is 11.8 Å². The lowest BCUT2D eigenvalue weighted by molar-refractivity contribution is 0.563. The molecule has 1 aliphatic rings. The van der Waals surface area contributed by atoms with E-state index >= 15 is 0 Å². The molecule has 5 N–H and O–H groups in total. The highest BCUT2D eigenvalue weighted by atomic mass is 32.2. The summed E-state index contributed by atoms with van der Waals surface area (Å²) < 4.78 is 0. The molecule has 74 valence electrons. The number of hydrogen-bond donors (Lipinski definition) is 3. The Labute approximate surface area is 81.5 Å². The van der Waals surface area contributed by atoms with E-state index in [-0.39, 0.29) is 5.96 Å². The second-order valence-electron chi connectivity index (χ2n) is 2.81. The summed E-state index contributed by atoms with van der Waals surface area (Å²) in [4.78, 5) is 9.95. The van der Waals surface area contributed by atoms with Gasteiger partial charge in [-0.3, -0.25) is 11.1 Å². The normalized spacial score (nSPS) is 27.4. The summed E-state index contributed by atoms with van der Waals surface area (Å²) in [7, 11) is 3.70. The lowest BCUT2D eigenvalue weighted by Crippen LogP contribution is -2.52. The van der Waals surface area contributed by atoms with Crippen LogP contribution in [0.3, 0.4) is 0 Å². The van der Waals surface area contributed by atoms with Gasteiger partial charge in [0.15, 0.2) is 5.96 Å². The number of nitrogens with two attached hydrogens (primary N) is 2. The van der Waals surface area contributed by atoms with Gasteiger partial charge in [-0.1, -0.05) is 11.8 Å². The predicted molar refractivity (Wildman–Crippen MR) is 56.3 cm³/mol. The van der Waals surface area contributed by atoms with Crippen LogP contribution in [0.2, 0.25) is 0 Å². The molecule has 0 amide bonds. The Morgan fingerprint density at radius 2 is 2.08 bits per heavy atom. The molecule has 6 nitrogen and oxygen atoms in total. The molecule has 0 bridgehead atoms. The number of hydrogen-bond acceptors (Lipinski definition) is 7. The number of guanidine groups is 2. The van der Waals surface area contributed by atoms with Crippen molar-refractivity contribution in [3.05, 3.63) is 0 Å². The summed E-state index contributed by atoms with van der Waals surface area (Å²) >= 11 is 1.33. The van der Waals surface area contributed by atoms with Gasteiger partial charge in [-0.05, 0) is 6.26 Å². The van der Waals surface area contributed by atoms with Crippen molar-refractivity contribution in [2.75, 3.05) is 20.4 Å². The van der Waals surface area contributed by atoms with E-state index in [9.17, 15) is 0 Å². The van der Waals surface area contributed by atoms with Crippen LogP contribution in [-0.4, -0.2) is 42.3 Å². The van der Waals surface area contributed by atoms with Gasteiger partial charge < -0.3 is 10.6 Å². The SMILES string of the molecule is CSC1(N)N=C(N)NC(N(C)C)=N1. The van der Waals surface area contributed by atoms with E-state index in [0.29, 0.717) is 5.96 Å². The van der Waals surface area contributed by atoms with Crippen molar-refractivity contribution in [2.45, 2.75) is 5.12 Å².